The van der Waals surface area contributed by atoms with Gasteiger partial charge in [-0.05, 0) is 43.2 Å². The van der Waals surface area contributed by atoms with Crippen molar-refractivity contribution in [2.45, 2.75) is 30.1 Å². The fraction of sp³-hybridized carbons (Fsp3) is 0.200. The van der Waals surface area contributed by atoms with Crippen LogP contribution in [0.2, 0.25) is 0 Å². The van der Waals surface area contributed by atoms with E-state index >= 15 is 0 Å². The van der Waals surface area contributed by atoms with Crippen LogP contribution in [0.3, 0.4) is 0 Å². The van der Waals surface area contributed by atoms with Crippen molar-refractivity contribution in [1.82, 2.24) is 0 Å². The second kappa shape index (κ2) is 4.94. The molecular weight excluding hydrogens is 244 g/mol. The van der Waals surface area contributed by atoms with Crippen molar-refractivity contribution in [3.63, 3.8) is 0 Å². The monoisotopic (exact) mass is 260 g/mol. The summed E-state index contributed by atoms with van der Waals surface area (Å²) < 4.78 is 24.7. The normalized spacial score (nSPS) is 11.4. The van der Waals surface area contributed by atoms with E-state index in [9.17, 15) is 8.42 Å². The molecule has 2 nitrogen and oxygen atoms in total. The zero-order valence-electron chi connectivity index (χ0n) is 10.6. The SMILES string of the molecule is CCc1ccc(S(=O)(=O)c2ccc(C)cc2)cc1. The van der Waals surface area contributed by atoms with Gasteiger partial charge in [0.1, 0.15) is 0 Å². The Bertz CT molecular complexity index is 623. The van der Waals surface area contributed by atoms with Gasteiger partial charge in [-0.15, -0.1) is 0 Å². The lowest BCUT2D eigenvalue weighted by Crippen LogP contribution is -2.02. The predicted molar refractivity (Wildman–Crippen MR) is 72.5 cm³/mol. The van der Waals surface area contributed by atoms with Gasteiger partial charge in [0.25, 0.3) is 0 Å². The maximum absolute atomic E-state index is 12.3. The molecule has 2 aromatic carbocycles. The van der Waals surface area contributed by atoms with E-state index in [2.05, 4.69) is 0 Å². The first-order chi connectivity index (χ1) is 8.54. The highest BCUT2D eigenvalue weighted by molar-refractivity contribution is 7.91. The minimum atomic E-state index is -3.38. The molecule has 2 aromatic rings. The van der Waals surface area contributed by atoms with Gasteiger partial charge >= 0.3 is 0 Å². The van der Waals surface area contributed by atoms with Gasteiger partial charge in [-0.3, -0.25) is 0 Å². The lowest BCUT2D eigenvalue weighted by Gasteiger charge is -2.05. The first-order valence-electron chi connectivity index (χ1n) is 5.94. The number of aryl methyl sites for hydroxylation is 2. The number of rotatable bonds is 3. The van der Waals surface area contributed by atoms with Crippen LogP contribution in [-0.2, 0) is 16.3 Å². The molecule has 0 atom stereocenters. The second-order valence-corrected chi connectivity index (χ2v) is 6.26. The van der Waals surface area contributed by atoms with Crippen LogP contribution in [0.25, 0.3) is 0 Å². The molecule has 0 spiro atoms. The minimum Gasteiger partial charge on any atom is -0.219 e. The summed E-state index contributed by atoms with van der Waals surface area (Å²) in [5, 5.41) is 0. The van der Waals surface area contributed by atoms with Crippen molar-refractivity contribution < 1.29 is 8.42 Å². The fourth-order valence-electron chi connectivity index (χ4n) is 1.76. The van der Waals surface area contributed by atoms with Gasteiger partial charge < -0.3 is 0 Å². The molecule has 0 radical (unpaired) electrons. The van der Waals surface area contributed by atoms with Crippen LogP contribution in [0, 0.1) is 6.92 Å². The van der Waals surface area contributed by atoms with Crippen LogP contribution < -0.4 is 0 Å². The molecule has 0 aliphatic carbocycles. The summed E-state index contributed by atoms with van der Waals surface area (Å²) in [7, 11) is -3.38. The molecule has 0 saturated carbocycles. The average molecular weight is 260 g/mol. The van der Waals surface area contributed by atoms with E-state index in [-0.39, 0.29) is 0 Å². The van der Waals surface area contributed by atoms with Gasteiger partial charge in [0, 0.05) is 0 Å². The number of hydrogen-bond acceptors (Lipinski definition) is 2. The highest BCUT2D eigenvalue weighted by Crippen LogP contribution is 2.21. The van der Waals surface area contributed by atoms with Crippen LogP contribution in [0.1, 0.15) is 18.1 Å². The Labute approximate surface area is 108 Å². The molecule has 0 saturated heterocycles. The van der Waals surface area contributed by atoms with E-state index in [1.165, 1.54) is 0 Å². The molecule has 0 unspecified atom stereocenters. The largest absolute Gasteiger partial charge is 0.219 e. The molecule has 0 heterocycles. The van der Waals surface area contributed by atoms with E-state index in [0.717, 1.165) is 17.5 Å². The zero-order valence-corrected chi connectivity index (χ0v) is 11.4. The quantitative estimate of drug-likeness (QED) is 0.847. The number of hydrogen-bond donors (Lipinski definition) is 0. The molecule has 0 aromatic heterocycles. The van der Waals surface area contributed by atoms with Crippen LogP contribution in [0.5, 0.6) is 0 Å². The Morgan fingerprint density at radius 3 is 1.72 bits per heavy atom. The van der Waals surface area contributed by atoms with Crippen LogP contribution in [0.15, 0.2) is 58.3 Å². The van der Waals surface area contributed by atoms with Gasteiger partial charge in [-0.2, -0.15) is 0 Å². The summed E-state index contributed by atoms with van der Waals surface area (Å²) in [4.78, 5) is 0.695. The van der Waals surface area contributed by atoms with Crippen molar-refractivity contribution in [3.05, 3.63) is 59.7 Å². The van der Waals surface area contributed by atoms with Gasteiger partial charge in [0.05, 0.1) is 9.79 Å². The summed E-state index contributed by atoms with van der Waals surface area (Å²) in [5.74, 6) is 0. The van der Waals surface area contributed by atoms with Gasteiger partial charge in [-0.25, -0.2) is 8.42 Å². The van der Waals surface area contributed by atoms with E-state index in [1.807, 2.05) is 38.1 Å². The third kappa shape index (κ3) is 2.46. The third-order valence-corrected chi connectivity index (χ3v) is 4.76. The molecular formula is C15H16O2S. The first-order valence-corrected chi connectivity index (χ1v) is 7.43. The molecule has 0 fully saturated rings. The molecule has 0 N–H and O–H groups in total. The van der Waals surface area contributed by atoms with E-state index < -0.39 is 9.84 Å². The molecule has 18 heavy (non-hydrogen) atoms. The van der Waals surface area contributed by atoms with Crippen molar-refractivity contribution in [3.8, 4) is 0 Å². The van der Waals surface area contributed by atoms with Crippen molar-refractivity contribution in [2.75, 3.05) is 0 Å². The van der Waals surface area contributed by atoms with E-state index in [1.54, 1.807) is 24.3 Å². The summed E-state index contributed by atoms with van der Waals surface area (Å²) in [6.07, 6.45) is 0.908. The van der Waals surface area contributed by atoms with E-state index in [4.69, 9.17) is 0 Å². The molecule has 94 valence electrons. The highest BCUT2D eigenvalue weighted by Gasteiger charge is 2.16. The molecule has 0 aliphatic heterocycles. The van der Waals surface area contributed by atoms with Gasteiger partial charge in [-0.1, -0.05) is 36.8 Å². The molecule has 2 rings (SSSR count). The van der Waals surface area contributed by atoms with Crippen molar-refractivity contribution in [2.24, 2.45) is 0 Å². The third-order valence-electron chi connectivity index (χ3n) is 2.97. The van der Waals surface area contributed by atoms with Gasteiger partial charge in [0.2, 0.25) is 9.84 Å². The van der Waals surface area contributed by atoms with Crippen LogP contribution in [-0.4, -0.2) is 8.42 Å². The lowest BCUT2D eigenvalue weighted by molar-refractivity contribution is 0.596. The topological polar surface area (TPSA) is 34.1 Å². The molecule has 3 heteroatoms. The number of sulfone groups is 1. The maximum atomic E-state index is 12.3. The zero-order chi connectivity index (χ0) is 13.2. The second-order valence-electron chi connectivity index (χ2n) is 4.31. The van der Waals surface area contributed by atoms with E-state index in [0.29, 0.717) is 9.79 Å². The molecule has 0 amide bonds. The Balaban J connectivity index is 2.44. The fourth-order valence-corrected chi connectivity index (χ4v) is 3.02. The Morgan fingerprint density at radius 2 is 1.28 bits per heavy atom. The van der Waals surface area contributed by atoms with Crippen molar-refractivity contribution in [1.29, 1.82) is 0 Å². The summed E-state index contributed by atoms with van der Waals surface area (Å²) in [5.41, 5.74) is 2.19. The summed E-state index contributed by atoms with van der Waals surface area (Å²) in [6.45, 7) is 3.98. The van der Waals surface area contributed by atoms with Crippen LogP contribution in [0.4, 0.5) is 0 Å². The van der Waals surface area contributed by atoms with Crippen molar-refractivity contribution >= 4 is 9.84 Å². The Hall–Kier alpha value is -1.61. The summed E-state index contributed by atoms with van der Waals surface area (Å²) in [6, 6.07) is 14.0. The first kappa shape index (κ1) is 12.8. The standard InChI is InChI=1S/C15H16O2S/c1-3-13-6-10-15(11-7-13)18(16,17)14-8-4-12(2)5-9-14/h4-11H,3H2,1-2H3. The Morgan fingerprint density at radius 1 is 0.833 bits per heavy atom. The smallest absolute Gasteiger partial charge is 0.206 e. The molecule has 0 aliphatic rings. The van der Waals surface area contributed by atoms with Crippen LogP contribution >= 0.6 is 0 Å². The molecule has 0 bridgehead atoms. The summed E-state index contributed by atoms with van der Waals surface area (Å²) >= 11 is 0. The lowest BCUT2D eigenvalue weighted by atomic mass is 10.2. The minimum absolute atomic E-state index is 0.345. The highest BCUT2D eigenvalue weighted by atomic mass is 32.2. The average Bonchev–Trinajstić information content (AvgIpc) is 2.39. The van der Waals surface area contributed by atoms with Gasteiger partial charge in [0.15, 0.2) is 0 Å². The Kier molecular flexibility index (Phi) is 3.53. The maximum Gasteiger partial charge on any atom is 0.206 e. The predicted octanol–water partition coefficient (Wildman–Crippen LogP) is 3.39. The number of benzene rings is 2.